The van der Waals surface area contributed by atoms with Gasteiger partial charge in [-0.2, -0.15) is 9.78 Å². The van der Waals surface area contributed by atoms with Crippen molar-refractivity contribution in [1.82, 2.24) is 30.0 Å². The molecule has 8 heteroatoms. The predicted octanol–water partition coefficient (Wildman–Crippen LogP) is 4.97. The number of nitrogens with zero attached hydrogens (tertiary/aromatic N) is 6. The van der Waals surface area contributed by atoms with E-state index in [0.29, 0.717) is 16.5 Å². The average Bonchev–Trinajstić information content (AvgIpc) is 3.42. The van der Waals surface area contributed by atoms with Crippen molar-refractivity contribution in [1.29, 1.82) is 0 Å². The van der Waals surface area contributed by atoms with Gasteiger partial charge in [0.15, 0.2) is 5.82 Å². The molecule has 0 fully saturated rings. The lowest BCUT2D eigenvalue weighted by Gasteiger charge is -2.11. The molecule has 2 aromatic heterocycles. The summed E-state index contributed by atoms with van der Waals surface area (Å²) in [5, 5.41) is 17.4. The minimum absolute atomic E-state index is 0.316. The van der Waals surface area contributed by atoms with Gasteiger partial charge in [0.2, 0.25) is 0 Å². The molecule has 0 unspecified atom stereocenters. The van der Waals surface area contributed by atoms with Crippen LogP contribution in [0, 0.1) is 5.82 Å². The third kappa shape index (κ3) is 3.25. The second kappa shape index (κ2) is 7.53. The number of hydrogen-bond acceptors (Lipinski definition) is 4. The van der Waals surface area contributed by atoms with Gasteiger partial charge in [0.25, 0.3) is 0 Å². The molecule has 0 saturated heterocycles. The van der Waals surface area contributed by atoms with Gasteiger partial charge < -0.3 is 0 Å². The zero-order valence-corrected chi connectivity index (χ0v) is 16.3. The first kappa shape index (κ1) is 18.2. The van der Waals surface area contributed by atoms with Crippen molar-refractivity contribution in [2.24, 2.45) is 0 Å². The Morgan fingerprint density at radius 1 is 0.800 bits per heavy atom. The van der Waals surface area contributed by atoms with E-state index in [1.165, 1.54) is 12.1 Å². The molecule has 0 aliphatic heterocycles. The molecule has 0 spiro atoms. The molecule has 0 amide bonds. The Hall–Kier alpha value is -3.84. The number of benzene rings is 3. The summed E-state index contributed by atoms with van der Waals surface area (Å²) in [5.41, 5.74) is 3.83. The molecular weight excluding hydrogens is 403 g/mol. The summed E-state index contributed by atoms with van der Waals surface area (Å²) in [6.45, 7) is 0. The van der Waals surface area contributed by atoms with E-state index in [1.54, 1.807) is 33.8 Å². The number of para-hydroxylation sites is 1. The largest absolute Gasteiger partial charge is 0.232 e. The lowest BCUT2D eigenvalue weighted by Crippen LogP contribution is -2.02. The van der Waals surface area contributed by atoms with Crippen molar-refractivity contribution in [2.45, 2.75) is 0 Å². The highest BCUT2D eigenvalue weighted by molar-refractivity contribution is 6.30. The Morgan fingerprint density at radius 3 is 2.33 bits per heavy atom. The van der Waals surface area contributed by atoms with E-state index in [1.807, 2.05) is 48.5 Å². The van der Waals surface area contributed by atoms with Crippen LogP contribution in [-0.2, 0) is 0 Å². The topological polar surface area (TPSA) is 61.4 Å². The van der Waals surface area contributed by atoms with E-state index in [4.69, 9.17) is 11.6 Å². The molecule has 5 aromatic rings. The van der Waals surface area contributed by atoms with Crippen LogP contribution in [0.2, 0.25) is 5.02 Å². The normalized spacial score (nSPS) is 11.0. The van der Waals surface area contributed by atoms with Gasteiger partial charge in [0.1, 0.15) is 5.82 Å². The molecule has 0 aliphatic rings. The third-order valence-electron chi connectivity index (χ3n) is 4.65. The summed E-state index contributed by atoms with van der Waals surface area (Å²) < 4.78 is 16.9. The minimum Gasteiger partial charge on any atom is -0.232 e. The second-order valence-electron chi connectivity index (χ2n) is 6.56. The summed E-state index contributed by atoms with van der Waals surface area (Å²) in [5.74, 6) is 0.216. The standard InChI is InChI=1S/C22H14ClFN6/c23-16-6-4-5-15(13-16)21-20(14-25-29(21)19-11-9-17(24)10-12-19)22-26-27-28-30(22)18-7-2-1-3-8-18/h1-14H. The molecule has 6 nitrogen and oxygen atoms in total. The fourth-order valence-corrected chi connectivity index (χ4v) is 3.49. The van der Waals surface area contributed by atoms with Gasteiger partial charge in [-0.25, -0.2) is 9.07 Å². The lowest BCUT2D eigenvalue weighted by atomic mass is 10.1. The first-order valence-corrected chi connectivity index (χ1v) is 9.52. The van der Waals surface area contributed by atoms with E-state index < -0.39 is 0 Å². The predicted molar refractivity (Wildman–Crippen MR) is 112 cm³/mol. The molecule has 0 radical (unpaired) electrons. The van der Waals surface area contributed by atoms with Crippen molar-refractivity contribution in [3.63, 3.8) is 0 Å². The maximum atomic E-state index is 13.5. The number of hydrogen-bond donors (Lipinski definition) is 0. The fraction of sp³-hybridized carbons (Fsp3) is 0. The van der Waals surface area contributed by atoms with Gasteiger partial charge in [0, 0.05) is 10.6 Å². The van der Waals surface area contributed by atoms with Gasteiger partial charge in [-0.1, -0.05) is 41.9 Å². The van der Waals surface area contributed by atoms with E-state index in [9.17, 15) is 4.39 Å². The molecule has 0 aliphatic carbocycles. The van der Waals surface area contributed by atoms with Crippen LogP contribution in [0.4, 0.5) is 4.39 Å². The zero-order valence-electron chi connectivity index (χ0n) is 15.5. The van der Waals surface area contributed by atoms with Gasteiger partial charge in [0.05, 0.1) is 28.8 Å². The molecule has 146 valence electrons. The van der Waals surface area contributed by atoms with E-state index in [-0.39, 0.29) is 5.82 Å². The fourth-order valence-electron chi connectivity index (χ4n) is 3.30. The highest BCUT2D eigenvalue weighted by atomic mass is 35.5. The summed E-state index contributed by atoms with van der Waals surface area (Å²) in [4.78, 5) is 0. The van der Waals surface area contributed by atoms with E-state index in [2.05, 4.69) is 20.6 Å². The van der Waals surface area contributed by atoms with E-state index in [0.717, 1.165) is 22.5 Å². The van der Waals surface area contributed by atoms with Gasteiger partial charge in [-0.3, -0.25) is 0 Å². The molecule has 2 heterocycles. The van der Waals surface area contributed by atoms with Crippen molar-refractivity contribution in [3.05, 3.63) is 95.9 Å². The second-order valence-corrected chi connectivity index (χ2v) is 6.99. The molecule has 0 bridgehead atoms. The molecule has 0 atom stereocenters. The molecule has 0 saturated carbocycles. The van der Waals surface area contributed by atoms with Gasteiger partial charge >= 0.3 is 0 Å². The van der Waals surface area contributed by atoms with Crippen LogP contribution in [0.1, 0.15) is 0 Å². The summed E-state index contributed by atoms with van der Waals surface area (Å²) in [6.07, 6.45) is 1.70. The third-order valence-corrected chi connectivity index (χ3v) is 4.88. The highest BCUT2D eigenvalue weighted by Crippen LogP contribution is 2.34. The molecular formula is C22H14ClFN6. The van der Waals surface area contributed by atoms with Crippen molar-refractivity contribution >= 4 is 11.6 Å². The number of halogens is 2. The lowest BCUT2D eigenvalue weighted by molar-refractivity contribution is 0.627. The Labute approximate surface area is 176 Å². The average molecular weight is 417 g/mol. The maximum Gasteiger partial charge on any atom is 0.190 e. The molecule has 0 N–H and O–H groups in total. The highest BCUT2D eigenvalue weighted by Gasteiger charge is 2.21. The summed E-state index contributed by atoms with van der Waals surface area (Å²) in [7, 11) is 0. The molecule has 30 heavy (non-hydrogen) atoms. The first-order chi connectivity index (χ1) is 14.7. The van der Waals surface area contributed by atoms with Crippen LogP contribution >= 0.6 is 11.6 Å². The Morgan fingerprint density at radius 2 is 1.57 bits per heavy atom. The first-order valence-electron chi connectivity index (χ1n) is 9.15. The smallest absolute Gasteiger partial charge is 0.190 e. The quantitative estimate of drug-likeness (QED) is 0.415. The van der Waals surface area contributed by atoms with Crippen LogP contribution in [0.15, 0.2) is 85.1 Å². The maximum absolute atomic E-state index is 13.5. The molecule has 3 aromatic carbocycles. The summed E-state index contributed by atoms with van der Waals surface area (Å²) in [6, 6.07) is 23.2. The minimum atomic E-state index is -0.316. The summed E-state index contributed by atoms with van der Waals surface area (Å²) >= 11 is 6.26. The SMILES string of the molecule is Fc1ccc(-n2ncc(-c3nnnn3-c3ccccc3)c2-c2cccc(Cl)c2)cc1. The monoisotopic (exact) mass is 416 g/mol. The number of rotatable bonds is 4. The van der Waals surface area contributed by atoms with E-state index >= 15 is 0 Å². The van der Waals surface area contributed by atoms with Crippen LogP contribution in [0.25, 0.3) is 34.0 Å². The number of aromatic nitrogens is 6. The van der Waals surface area contributed by atoms with Crippen LogP contribution in [-0.4, -0.2) is 30.0 Å². The van der Waals surface area contributed by atoms with Crippen molar-refractivity contribution in [2.75, 3.05) is 0 Å². The van der Waals surface area contributed by atoms with Gasteiger partial charge in [-0.05, 0) is 59.0 Å². The van der Waals surface area contributed by atoms with Crippen molar-refractivity contribution < 1.29 is 4.39 Å². The van der Waals surface area contributed by atoms with Crippen molar-refractivity contribution in [3.8, 4) is 34.0 Å². The Kier molecular flexibility index (Phi) is 4.57. The van der Waals surface area contributed by atoms with Crippen LogP contribution in [0.3, 0.4) is 0 Å². The zero-order chi connectivity index (χ0) is 20.5. The van der Waals surface area contributed by atoms with Gasteiger partial charge in [-0.15, -0.1) is 5.10 Å². The number of tetrazole rings is 1. The Bertz CT molecular complexity index is 1310. The molecule has 5 rings (SSSR count). The van der Waals surface area contributed by atoms with Crippen LogP contribution < -0.4 is 0 Å². The van der Waals surface area contributed by atoms with Crippen LogP contribution in [0.5, 0.6) is 0 Å². The Balaban J connectivity index is 1.75.